The Morgan fingerprint density at radius 3 is 2.50 bits per heavy atom. The first kappa shape index (κ1) is 9.97. The number of halogens is 1. The number of hydrogen-bond donors (Lipinski definition) is 1. The third-order valence-corrected chi connectivity index (χ3v) is 2.73. The maximum Gasteiger partial charge on any atom is 0.113 e. The van der Waals surface area contributed by atoms with Crippen molar-refractivity contribution in [1.82, 2.24) is 5.32 Å². The molecule has 0 aromatic rings. The molecule has 1 heterocycles. The van der Waals surface area contributed by atoms with Gasteiger partial charge in [0.1, 0.15) is 5.67 Å². The van der Waals surface area contributed by atoms with Gasteiger partial charge in [-0.3, -0.25) is 0 Å². The summed E-state index contributed by atoms with van der Waals surface area (Å²) in [5.74, 6) is 0. The van der Waals surface area contributed by atoms with E-state index in [4.69, 9.17) is 0 Å². The van der Waals surface area contributed by atoms with E-state index in [1.807, 2.05) is 0 Å². The van der Waals surface area contributed by atoms with Crippen LogP contribution in [0.3, 0.4) is 0 Å². The molecule has 1 aliphatic rings. The predicted octanol–water partition coefficient (Wildman–Crippen LogP) is 2.66. The van der Waals surface area contributed by atoms with E-state index in [9.17, 15) is 4.39 Å². The lowest BCUT2D eigenvalue weighted by atomic mass is 9.89. The van der Waals surface area contributed by atoms with Crippen molar-refractivity contribution in [3.8, 4) is 0 Å². The van der Waals surface area contributed by atoms with E-state index < -0.39 is 5.67 Å². The minimum atomic E-state index is -0.833. The van der Waals surface area contributed by atoms with Crippen LogP contribution < -0.4 is 5.32 Å². The second-order valence-electron chi connectivity index (χ2n) is 3.86. The molecule has 0 aliphatic carbocycles. The molecule has 0 aromatic heterocycles. The zero-order valence-electron chi connectivity index (χ0n) is 8.03. The van der Waals surface area contributed by atoms with Crippen molar-refractivity contribution in [2.45, 2.75) is 51.1 Å². The fourth-order valence-corrected chi connectivity index (χ4v) is 1.82. The van der Waals surface area contributed by atoms with Crippen molar-refractivity contribution in [3.05, 3.63) is 0 Å². The van der Waals surface area contributed by atoms with Crippen molar-refractivity contribution in [1.29, 1.82) is 0 Å². The van der Waals surface area contributed by atoms with Crippen molar-refractivity contribution in [2.24, 2.45) is 0 Å². The Morgan fingerprint density at radius 2 is 1.92 bits per heavy atom. The third-order valence-electron chi connectivity index (χ3n) is 2.73. The van der Waals surface area contributed by atoms with E-state index in [2.05, 4.69) is 12.2 Å². The summed E-state index contributed by atoms with van der Waals surface area (Å²) in [6, 6.07) is 0. The highest BCUT2D eigenvalue weighted by Gasteiger charge is 2.30. The van der Waals surface area contributed by atoms with Crippen molar-refractivity contribution < 1.29 is 4.39 Å². The van der Waals surface area contributed by atoms with Crippen LogP contribution in [0.25, 0.3) is 0 Å². The molecule has 0 amide bonds. The van der Waals surface area contributed by atoms with Gasteiger partial charge in [0.25, 0.3) is 0 Å². The molecule has 1 rings (SSSR count). The number of alkyl halides is 1. The number of rotatable bonds is 4. The Balaban J connectivity index is 2.17. The SMILES string of the molecule is CCCCCC1(F)CCNCC1. The molecule has 0 spiro atoms. The number of nitrogens with one attached hydrogen (secondary N) is 1. The van der Waals surface area contributed by atoms with Gasteiger partial charge in [-0.1, -0.05) is 26.2 Å². The lowest BCUT2D eigenvalue weighted by Crippen LogP contribution is -2.38. The molecular weight excluding hydrogens is 153 g/mol. The van der Waals surface area contributed by atoms with Gasteiger partial charge < -0.3 is 5.32 Å². The highest BCUT2D eigenvalue weighted by atomic mass is 19.1. The van der Waals surface area contributed by atoms with E-state index >= 15 is 0 Å². The van der Waals surface area contributed by atoms with Crippen molar-refractivity contribution >= 4 is 0 Å². The van der Waals surface area contributed by atoms with E-state index in [-0.39, 0.29) is 0 Å². The summed E-state index contributed by atoms with van der Waals surface area (Å²) < 4.78 is 13.9. The van der Waals surface area contributed by atoms with Gasteiger partial charge in [0, 0.05) is 0 Å². The zero-order chi connectivity index (χ0) is 8.86. The second-order valence-corrected chi connectivity index (χ2v) is 3.86. The molecule has 1 fully saturated rings. The first-order chi connectivity index (χ1) is 5.77. The Bertz CT molecular complexity index is 119. The summed E-state index contributed by atoms with van der Waals surface area (Å²) in [5, 5.41) is 3.19. The molecule has 12 heavy (non-hydrogen) atoms. The molecule has 2 heteroatoms. The minimum Gasteiger partial charge on any atom is -0.316 e. The van der Waals surface area contributed by atoms with Crippen molar-refractivity contribution in [2.75, 3.05) is 13.1 Å². The number of hydrogen-bond acceptors (Lipinski definition) is 1. The third kappa shape index (κ3) is 3.10. The molecule has 1 saturated heterocycles. The molecule has 0 bridgehead atoms. The molecule has 0 radical (unpaired) electrons. The van der Waals surface area contributed by atoms with E-state index in [1.54, 1.807) is 0 Å². The normalized spacial score (nSPS) is 22.5. The van der Waals surface area contributed by atoms with Crippen LogP contribution in [-0.4, -0.2) is 18.8 Å². The van der Waals surface area contributed by atoms with Crippen LogP contribution in [0.4, 0.5) is 4.39 Å². The highest BCUT2D eigenvalue weighted by Crippen LogP contribution is 2.29. The summed E-state index contributed by atoms with van der Waals surface area (Å²) in [7, 11) is 0. The molecule has 1 N–H and O–H groups in total. The molecule has 0 unspecified atom stereocenters. The average Bonchev–Trinajstić information content (AvgIpc) is 2.06. The maximum absolute atomic E-state index is 13.9. The lowest BCUT2D eigenvalue weighted by Gasteiger charge is -2.29. The fraction of sp³-hybridized carbons (Fsp3) is 1.00. The lowest BCUT2D eigenvalue weighted by molar-refractivity contribution is 0.101. The Morgan fingerprint density at radius 1 is 1.25 bits per heavy atom. The van der Waals surface area contributed by atoms with Crippen molar-refractivity contribution in [3.63, 3.8) is 0 Å². The molecule has 0 saturated carbocycles. The van der Waals surface area contributed by atoms with Crippen LogP contribution in [0.15, 0.2) is 0 Å². The molecule has 1 nitrogen and oxygen atoms in total. The largest absolute Gasteiger partial charge is 0.316 e. The van der Waals surface area contributed by atoms with E-state index in [0.29, 0.717) is 0 Å². The van der Waals surface area contributed by atoms with Crippen LogP contribution >= 0.6 is 0 Å². The van der Waals surface area contributed by atoms with Gasteiger partial charge in [-0.25, -0.2) is 4.39 Å². The molecular formula is C10H20FN. The summed E-state index contributed by atoms with van der Waals surface area (Å²) in [6.45, 7) is 3.89. The van der Waals surface area contributed by atoms with E-state index in [1.165, 1.54) is 12.8 Å². The van der Waals surface area contributed by atoms with Crippen LogP contribution in [0.2, 0.25) is 0 Å². The second kappa shape index (κ2) is 4.80. The molecule has 0 atom stereocenters. The standard InChI is InChI=1S/C10H20FN/c1-2-3-4-5-10(11)6-8-12-9-7-10/h12H,2-9H2,1H3. The predicted molar refractivity (Wildman–Crippen MR) is 50.1 cm³/mol. The molecule has 72 valence electrons. The van der Waals surface area contributed by atoms with Gasteiger partial charge in [-0.15, -0.1) is 0 Å². The minimum absolute atomic E-state index is 0.719. The Hall–Kier alpha value is -0.110. The first-order valence-electron chi connectivity index (χ1n) is 5.16. The van der Waals surface area contributed by atoms with Crippen LogP contribution in [0, 0.1) is 0 Å². The van der Waals surface area contributed by atoms with E-state index in [0.717, 1.165) is 38.8 Å². The fourth-order valence-electron chi connectivity index (χ4n) is 1.82. The molecule has 0 aromatic carbocycles. The number of unbranched alkanes of at least 4 members (excludes halogenated alkanes) is 2. The summed E-state index contributed by atoms with van der Waals surface area (Å²) in [5.41, 5.74) is -0.833. The maximum atomic E-state index is 13.9. The van der Waals surface area contributed by atoms with Gasteiger partial charge in [0.05, 0.1) is 0 Å². The zero-order valence-corrected chi connectivity index (χ0v) is 8.03. The van der Waals surface area contributed by atoms with Gasteiger partial charge in [0.2, 0.25) is 0 Å². The van der Waals surface area contributed by atoms with Gasteiger partial charge in [-0.2, -0.15) is 0 Å². The smallest absolute Gasteiger partial charge is 0.113 e. The van der Waals surface area contributed by atoms with Gasteiger partial charge in [-0.05, 0) is 32.4 Å². The monoisotopic (exact) mass is 173 g/mol. The highest BCUT2D eigenvalue weighted by molar-refractivity contribution is 4.84. The average molecular weight is 173 g/mol. The van der Waals surface area contributed by atoms with Crippen LogP contribution in [0.5, 0.6) is 0 Å². The summed E-state index contributed by atoms with van der Waals surface area (Å²) in [6.07, 6.45) is 5.65. The Kier molecular flexibility index (Phi) is 3.99. The van der Waals surface area contributed by atoms with Crippen LogP contribution in [-0.2, 0) is 0 Å². The summed E-state index contributed by atoms with van der Waals surface area (Å²) >= 11 is 0. The quantitative estimate of drug-likeness (QED) is 0.644. The Labute approximate surface area is 74.7 Å². The topological polar surface area (TPSA) is 12.0 Å². The molecule has 1 aliphatic heterocycles. The van der Waals surface area contributed by atoms with Gasteiger partial charge in [0.15, 0.2) is 0 Å². The van der Waals surface area contributed by atoms with Crippen LogP contribution in [0.1, 0.15) is 45.4 Å². The van der Waals surface area contributed by atoms with Gasteiger partial charge >= 0.3 is 0 Å². The first-order valence-corrected chi connectivity index (χ1v) is 5.16. The number of piperidine rings is 1. The summed E-state index contributed by atoms with van der Waals surface area (Å²) in [4.78, 5) is 0.